The Morgan fingerprint density at radius 3 is 2.07 bits per heavy atom. The van der Waals surface area contributed by atoms with Gasteiger partial charge in [0.15, 0.2) is 0 Å². The number of carboxylic acids is 1. The molecule has 0 saturated heterocycles. The number of aromatic carboxylic acids is 1. The molecule has 1 rings (SSSR count). The summed E-state index contributed by atoms with van der Waals surface area (Å²) in [6.45, 7) is 1.39. The molecule has 1 amide bonds. The normalized spacial score (nSPS) is 8.64. The van der Waals surface area contributed by atoms with E-state index in [9.17, 15) is 9.59 Å². The zero-order chi connectivity index (χ0) is 9.84. The maximum absolute atomic E-state index is 10.6. The standard InChI is InChI=1S/C9H9NO3.Li.H/c1-6(11)10-8-4-2-7(3-5-8)9(12)13;;/h2-5H,1H3,(H,10,11)(H,12,13);;. The topological polar surface area (TPSA) is 66.4 Å². The van der Waals surface area contributed by atoms with Crippen molar-refractivity contribution in [2.45, 2.75) is 6.92 Å². The third-order valence-electron chi connectivity index (χ3n) is 1.45. The zero-order valence-electron chi connectivity index (χ0n) is 7.07. The van der Waals surface area contributed by atoms with Gasteiger partial charge >= 0.3 is 24.8 Å². The Labute approximate surface area is 93.5 Å². The van der Waals surface area contributed by atoms with Gasteiger partial charge in [0.05, 0.1) is 5.56 Å². The summed E-state index contributed by atoms with van der Waals surface area (Å²) in [6.07, 6.45) is 0. The fraction of sp³-hybridized carbons (Fsp3) is 0.111. The molecule has 14 heavy (non-hydrogen) atoms. The summed E-state index contributed by atoms with van der Waals surface area (Å²) in [5.74, 6) is -1.16. The molecule has 0 aromatic heterocycles. The van der Waals surface area contributed by atoms with Crippen LogP contribution >= 0.6 is 0 Å². The minimum absolute atomic E-state index is 0. The first-order chi connectivity index (χ1) is 6.09. The number of carbonyl (C=O) groups excluding carboxylic acids is 1. The van der Waals surface area contributed by atoms with Gasteiger partial charge in [-0.05, 0) is 24.3 Å². The van der Waals surface area contributed by atoms with E-state index in [1.807, 2.05) is 0 Å². The Bertz CT molecular complexity index is 334. The summed E-state index contributed by atoms with van der Waals surface area (Å²) < 4.78 is 0. The van der Waals surface area contributed by atoms with Crippen molar-refractivity contribution in [3.05, 3.63) is 29.8 Å². The van der Waals surface area contributed by atoms with Crippen molar-refractivity contribution in [3.8, 4) is 0 Å². The van der Waals surface area contributed by atoms with Crippen molar-refractivity contribution in [2.75, 3.05) is 5.32 Å². The molecule has 1 aromatic rings. The average molecular weight is 187 g/mol. The molecule has 0 atom stereocenters. The molecule has 0 aliphatic rings. The molecule has 0 saturated carbocycles. The molecule has 0 radical (unpaired) electrons. The molecule has 0 aliphatic heterocycles. The second-order valence-corrected chi connectivity index (χ2v) is 2.56. The minimum atomic E-state index is -0.977. The van der Waals surface area contributed by atoms with Gasteiger partial charge in [-0.2, -0.15) is 0 Å². The summed E-state index contributed by atoms with van der Waals surface area (Å²) in [7, 11) is 0. The number of rotatable bonds is 2. The van der Waals surface area contributed by atoms with E-state index >= 15 is 0 Å². The van der Waals surface area contributed by atoms with Gasteiger partial charge in [-0.1, -0.05) is 0 Å². The van der Waals surface area contributed by atoms with Gasteiger partial charge in [0.2, 0.25) is 5.91 Å². The van der Waals surface area contributed by atoms with Gasteiger partial charge in [-0.3, -0.25) is 4.79 Å². The van der Waals surface area contributed by atoms with Gasteiger partial charge < -0.3 is 10.4 Å². The van der Waals surface area contributed by atoms with Crippen LogP contribution in [0.25, 0.3) is 0 Å². The SMILES string of the molecule is CC(=O)Nc1ccc(C(=O)O)cc1.[LiH]. The van der Waals surface area contributed by atoms with Crippen LogP contribution < -0.4 is 5.32 Å². The molecular weight excluding hydrogens is 177 g/mol. The van der Waals surface area contributed by atoms with Gasteiger partial charge in [0, 0.05) is 12.6 Å². The van der Waals surface area contributed by atoms with E-state index in [0.717, 1.165) is 0 Å². The van der Waals surface area contributed by atoms with Crippen LogP contribution in [0.3, 0.4) is 0 Å². The van der Waals surface area contributed by atoms with Crippen LogP contribution in [0.4, 0.5) is 5.69 Å². The van der Waals surface area contributed by atoms with E-state index in [1.165, 1.54) is 19.1 Å². The van der Waals surface area contributed by atoms with E-state index in [2.05, 4.69) is 5.32 Å². The molecular formula is C9H10LiNO3. The number of carbonyl (C=O) groups is 2. The van der Waals surface area contributed by atoms with Crippen LogP contribution in [0.2, 0.25) is 0 Å². The number of nitrogens with one attached hydrogen (secondary N) is 1. The molecule has 0 unspecified atom stereocenters. The summed E-state index contributed by atoms with van der Waals surface area (Å²) in [5, 5.41) is 11.1. The third kappa shape index (κ3) is 3.65. The second-order valence-electron chi connectivity index (χ2n) is 2.56. The number of hydrogen-bond donors (Lipinski definition) is 2. The van der Waals surface area contributed by atoms with E-state index in [1.54, 1.807) is 12.1 Å². The molecule has 5 heteroatoms. The summed E-state index contributed by atoms with van der Waals surface area (Å²) in [5.41, 5.74) is 0.798. The molecule has 0 spiro atoms. The van der Waals surface area contributed by atoms with Gasteiger partial charge in [-0.25, -0.2) is 4.79 Å². The number of anilines is 1. The Kier molecular flexibility index (Phi) is 4.99. The molecule has 1 aromatic carbocycles. The van der Waals surface area contributed by atoms with E-state index in [0.29, 0.717) is 5.69 Å². The Hall–Kier alpha value is -1.24. The van der Waals surface area contributed by atoms with E-state index in [-0.39, 0.29) is 30.3 Å². The molecule has 0 fully saturated rings. The van der Waals surface area contributed by atoms with E-state index < -0.39 is 5.97 Å². The van der Waals surface area contributed by atoms with Crippen LogP contribution in [0.15, 0.2) is 24.3 Å². The second kappa shape index (κ2) is 5.48. The first-order valence-corrected chi connectivity index (χ1v) is 3.70. The molecule has 0 bridgehead atoms. The van der Waals surface area contributed by atoms with Crippen molar-refractivity contribution in [3.63, 3.8) is 0 Å². The molecule has 0 heterocycles. The maximum atomic E-state index is 10.6. The molecule has 2 N–H and O–H groups in total. The third-order valence-corrected chi connectivity index (χ3v) is 1.45. The Balaban J connectivity index is 0.00000169. The van der Waals surface area contributed by atoms with Crippen LogP contribution in [0, 0.1) is 0 Å². The predicted molar refractivity (Wildman–Crippen MR) is 54.9 cm³/mol. The molecule has 70 valence electrons. The monoisotopic (exact) mass is 187 g/mol. The van der Waals surface area contributed by atoms with Crippen molar-refractivity contribution in [1.29, 1.82) is 0 Å². The first kappa shape index (κ1) is 12.8. The van der Waals surface area contributed by atoms with Crippen molar-refractivity contribution >= 4 is 36.4 Å². The Morgan fingerprint density at radius 1 is 1.21 bits per heavy atom. The molecule has 0 aliphatic carbocycles. The quantitative estimate of drug-likeness (QED) is 0.669. The molecule has 4 nitrogen and oxygen atoms in total. The number of hydrogen-bond acceptors (Lipinski definition) is 2. The number of benzene rings is 1. The van der Waals surface area contributed by atoms with Gasteiger partial charge in [0.1, 0.15) is 0 Å². The van der Waals surface area contributed by atoms with Crippen LogP contribution in [-0.2, 0) is 4.79 Å². The number of amides is 1. The van der Waals surface area contributed by atoms with E-state index in [4.69, 9.17) is 5.11 Å². The summed E-state index contributed by atoms with van der Waals surface area (Å²) >= 11 is 0. The zero-order valence-corrected chi connectivity index (χ0v) is 7.07. The van der Waals surface area contributed by atoms with Gasteiger partial charge in [-0.15, -0.1) is 0 Å². The van der Waals surface area contributed by atoms with Crippen molar-refractivity contribution in [2.24, 2.45) is 0 Å². The summed E-state index contributed by atoms with van der Waals surface area (Å²) in [4.78, 5) is 21.1. The average Bonchev–Trinajstić information content (AvgIpc) is 2.04. The van der Waals surface area contributed by atoms with Crippen molar-refractivity contribution in [1.82, 2.24) is 0 Å². The van der Waals surface area contributed by atoms with Crippen LogP contribution in [0.5, 0.6) is 0 Å². The van der Waals surface area contributed by atoms with Crippen LogP contribution in [-0.4, -0.2) is 35.8 Å². The number of carboxylic acid groups (broad SMARTS) is 1. The Morgan fingerprint density at radius 2 is 1.71 bits per heavy atom. The predicted octanol–water partition coefficient (Wildman–Crippen LogP) is 0.695. The van der Waals surface area contributed by atoms with Crippen LogP contribution in [0.1, 0.15) is 17.3 Å². The van der Waals surface area contributed by atoms with Gasteiger partial charge in [0.25, 0.3) is 0 Å². The fourth-order valence-electron chi connectivity index (χ4n) is 0.899. The first-order valence-electron chi connectivity index (χ1n) is 3.70. The fourth-order valence-corrected chi connectivity index (χ4v) is 0.899. The summed E-state index contributed by atoms with van der Waals surface area (Å²) in [6, 6.07) is 5.97. The van der Waals surface area contributed by atoms with Crippen molar-refractivity contribution < 1.29 is 14.7 Å².